The number of aliphatic hydroxyl groups is 1. The molecule has 2 aliphatic rings. The Bertz CT molecular complexity index is 337. The van der Waals surface area contributed by atoms with E-state index in [0.29, 0.717) is 19.4 Å². The lowest BCUT2D eigenvalue weighted by atomic mass is 9.91. The lowest BCUT2D eigenvalue weighted by Gasteiger charge is -2.37. The number of aliphatic hydroxyl groups excluding tert-OH is 1. The predicted molar refractivity (Wildman–Crippen MR) is 64.1 cm³/mol. The van der Waals surface area contributed by atoms with Gasteiger partial charge < -0.3 is 20.4 Å². The fourth-order valence-electron chi connectivity index (χ4n) is 2.22. The van der Waals surface area contributed by atoms with E-state index in [1.54, 1.807) is 4.90 Å². The summed E-state index contributed by atoms with van der Waals surface area (Å²) < 4.78 is 0. The van der Waals surface area contributed by atoms with Gasteiger partial charge >= 0.3 is 12.0 Å². The summed E-state index contributed by atoms with van der Waals surface area (Å²) in [5.41, 5.74) is -0.736. The molecule has 0 bridgehead atoms. The summed E-state index contributed by atoms with van der Waals surface area (Å²) in [6.07, 6.45) is 4.31. The van der Waals surface area contributed by atoms with Crippen molar-refractivity contribution in [1.82, 2.24) is 10.2 Å². The first-order valence-corrected chi connectivity index (χ1v) is 6.48. The van der Waals surface area contributed by atoms with Gasteiger partial charge in [-0.05, 0) is 32.1 Å². The van der Waals surface area contributed by atoms with Gasteiger partial charge in [-0.15, -0.1) is 0 Å². The van der Waals surface area contributed by atoms with E-state index in [2.05, 4.69) is 5.32 Å². The molecule has 0 radical (unpaired) electrons. The first kappa shape index (κ1) is 13.1. The first-order valence-electron chi connectivity index (χ1n) is 6.48. The Hall–Kier alpha value is -1.30. The highest BCUT2D eigenvalue weighted by Crippen LogP contribution is 2.45. The van der Waals surface area contributed by atoms with Gasteiger partial charge in [0.1, 0.15) is 0 Å². The van der Waals surface area contributed by atoms with Crippen molar-refractivity contribution in [2.75, 3.05) is 19.7 Å². The van der Waals surface area contributed by atoms with Crippen LogP contribution in [0.1, 0.15) is 32.1 Å². The van der Waals surface area contributed by atoms with Gasteiger partial charge in [0, 0.05) is 19.1 Å². The van der Waals surface area contributed by atoms with Crippen LogP contribution in [0.4, 0.5) is 4.79 Å². The van der Waals surface area contributed by atoms with E-state index in [9.17, 15) is 9.59 Å². The third-order valence-electron chi connectivity index (χ3n) is 4.00. The minimum absolute atomic E-state index is 0.0615. The van der Waals surface area contributed by atoms with Crippen molar-refractivity contribution >= 4 is 12.0 Å². The Morgan fingerprint density at radius 2 is 2.00 bits per heavy atom. The molecule has 0 spiro atoms. The Balaban J connectivity index is 1.83. The maximum absolute atomic E-state index is 12.0. The van der Waals surface area contributed by atoms with E-state index in [1.807, 2.05) is 0 Å². The van der Waals surface area contributed by atoms with Crippen LogP contribution in [0.25, 0.3) is 0 Å². The predicted octanol–water partition coefficient (Wildman–Crippen LogP) is 0.408. The highest BCUT2D eigenvalue weighted by Gasteiger charge is 2.50. The van der Waals surface area contributed by atoms with Crippen molar-refractivity contribution in [3.8, 4) is 0 Å². The molecule has 102 valence electrons. The van der Waals surface area contributed by atoms with E-state index in [-0.39, 0.29) is 25.2 Å². The smallest absolute Gasteiger partial charge is 0.317 e. The average Bonchev–Trinajstić information content (AvgIpc) is 3.04. The van der Waals surface area contributed by atoms with Crippen LogP contribution < -0.4 is 5.32 Å². The number of nitrogens with zero attached hydrogens (tertiary/aromatic N) is 1. The number of urea groups is 1. The number of hydrogen-bond acceptors (Lipinski definition) is 3. The Morgan fingerprint density at radius 1 is 1.33 bits per heavy atom. The van der Waals surface area contributed by atoms with E-state index >= 15 is 0 Å². The second-order valence-corrected chi connectivity index (χ2v) is 5.25. The molecule has 0 heterocycles. The van der Waals surface area contributed by atoms with Gasteiger partial charge in [-0.1, -0.05) is 0 Å². The van der Waals surface area contributed by atoms with Gasteiger partial charge in [0.2, 0.25) is 0 Å². The number of rotatable bonds is 6. The summed E-state index contributed by atoms with van der Waals surface area (Å²) >= 11 is 0. The van der Waals surface area contributed by atoms with Gasteiger partial charge in [-0.3, -0.25) is 4.79 Å². The number of amides is 2. The minimum atomic E-state index is -0.833. The van der Waals surface area contributed by atoms with E-state index < -0.39 is 11.4 Å². The molecule has 0 unspecified atom stereocenters. The standard InChI is InChI=1S/C12H20N2O4/c15-7-6-14(9-2-1-3-9)11(18)13-8-12(4-5-12)10(16)17/h9,15H,1-8H2,(H,13,18)(H,16,17). The summed E-state index contributed by atoms with van der Waals surface area (Å²) in [6, 6.07) is -0.0431. The van der Waals surface area contributed by atoms with Gasteiger partial charge in [0.25, 0.3) is 0 Å². The monoisotopic (exact) mass is 256 g/mol. The Kier molecular flexibility index (Phi) is 3.75. The van der Waals surface area contributed by atoms with Crippen molar-refractivity contribution in [3.63, 3.8) is 0 Å². The van der Waals surface area contributed by atoms with Crippen LogP contribution in [-0.2, 0) is 4.79 Å². The minimum Gasteiger partial charge on any atom is -0.481 e. The van der Waals surface area contributed by atoms with E-state index in [0.717, 1.165) is 19.3 Å². The summed E-state index contributed by atoms with van der Waals surface area (Å²) in [4.78, 5) is 24.6. The van der Waals surface area contributed by atoms with Crippen molar-refractivity contribution < 1.29 is 19.8 Å². The molecule has 2 rings (SSSR count). The Labute approximate surface area is 106 Å². The maximum Gasteiger partial charge on any atom is 0.317 e. The highest BCUT2D eigenvalue weighted by atomic mass is 16.4. The zero-order chi connectivity index (χ0) is 13.2. The molecule has 2 amide bonds. The van der Waals surface area contributed by atoms with Crippen LogP contribution in [0, 0.1) is 5.41 Å². The third-order valence-corrected chi connectivity index (χ3v) is 4.00. The molecule has 2 aliphatic carbocycles. The number of carboxylic acids is 1. The quantitative estimate of drug-likeness (QED) is 0.642. The molecule has 6 heteroatoms. The van der Waals surface area contributed by atoms with Gasteiger partial charge in [0.15, 0.2) is 0 Å². The zero-order valence-electron chi connectivity index (χ0n) is 10.4. The van der Waals surface area contributed by atoms with Crippen LogP contribution in [0.2, 0.25) is 0 Å². The normalized spacial score (nSPS) is 20.9. The van der Waals surface area contributed by atoms with Gasteiger partial charge in [-0.25, -0.2) is 4.79 Å². The number of carboxylic acid groups (broad SMARTS) is 1. The fraction of sp³-hybridized carbons (Fsp3) is 0.833. The topological polar surface area (TPSA) is 89.9 Å². The summed E-state index contributed by atoms with van der Waals surface area (Å²) in [5, 5.41) is 20.7. The molecule has 0 aromatic carbocycles. The van der Waals surface area contributed by atoms with Crippen molar-refractivity contribution in [1.29, 1.82) is 0 Å². The largest absolute Gasteiger partial charge is 0.481 e. The van der Waals surface area contributed by atoms with Crippen molar-refractivity contribution in [3.05, 3.63) is 0 Å². The van der Waals surface area contributed by atoms with Crippen LogP contribution in [0.15, 0.2) is 0 Å². The molecule has 18 heavy (non-hydrogen) atoms. The zero-order valence-corrected chi connectivity index (χ0v) is 10.4. The first-order chi connectivity index (χ1) is 8.59. The molecular weight excluding hydrogens is 236 g/mol. The Morgan fingerprint density at radius 3 is 2.39 bits per heavy atom. The second-order valence-electron chi connectivity index (χ2n) is 5.25. The van der Waals surface area contributed by atoms with Crippen LogP contribution in [0.5, 0.6) is 0 Å². The van der Waals surface area contributed by atoms with E-state index in [1.165, 1.54) is 0 Å². The lowest BCUT2D eigenvalue weighted by Crippen LogP contribution is -2.51. The van der Waals surface area contributed by atoms with Crippen LogP contribution >= 0.6 is 0 Å². The van der Waals surface area contributed by atoms with Crippen LogP contribution in [0.3, 0.4) is 0 Å². The number of hydrogen-bond donors (Lipinski definition) is 3. The number of carbonyl (C=O) groups excluding carboxylic acids is 1. The van der Waals surface area contributed by atoms with Crippen molar-refractivity contribution in [2.45, 2.75) is 38.1 Å². The van der Waals surface area contributed by atoms with Crippen molar-refractivity contribution in [2.24, 2.45) is 5.41 Å². The molecule has 3 N–H and O–H groups in total. The summed E-state index contributed by atoms with van der Waals surface area (Å²) in [7, 11) is 0. The third kappa shape index (κ3) is 2.58. The van der Waals surface area contributed by atoms with Gasteiger partial charge in [0.05, 0.1) is 12.0 Å². The van der Waals surface area contributed by atoms with Gasteiger partial charge in [-0.2, -0.15) is 0 Å². The van der Waals surface area contributed by atoms with E-state index in [4.69, 9.17) is 10.2 Å². The highest BCUT2D eigenvalue weighted by molar-refractivity contribution is 5.80. The fourth-order valence-corrected chi connectivity index (χ4v) is 2.22. The molecule has 2 saturated carbocycles. The molecule has 0 aromatic heterocycles. The summed E-state index contributed by atoms with van der Waals surface area (Å²) in [5.74, 6) is -0.833. The lowest BCUT2D eigenvalue weighted by molar-refractivity contribution is -0.143. The molecule has 0 aromatic rings. The molecular formula is C12H20N2O4. The maximum atomic E-state index is 12.0. The second kappa shape index (κ2) is 5.14. The number of nitrogens with one attached hydrogen (secondary N) is 1. The molecule has 6 nitrogen and oxygen atoms in total. The average molecular weight is 256 g/mol. The van der Waals surface area contributed by atoms with Crippen LogP contribution in [-0.4, -0.2) is 52.9 Å². The molecule has 0 aliphatic heterocycles. The molecule has 0 saturated heterocycles. The SMILES string of the molecule is O=C(NCC1(C(=O)O)CC1)N(CCO)C1CCC1. The molecule has 0 atom stereocenters. The molecule has 2 fully saturated rings. The number of carbonyl (C=O) groups is 2. The number of aliphatic carboxylic acids is 1. The summed E-state index contributed by atoms with van der Waals surface area (Å²) in [6.45, 7) is 0.445.